The van der Waals surface area contributed by atoms with Crippen molar-refractivity contribution >= 4 is 11.7 Å². The van der Waals surface area contributed by atoms with Crippen LogP contribution < -0.4 is 0 Å². The summed E-state index contributed by atoms with van der Waals surface area (Å²) < 4.78 is 1.61. The van der Waals surface area contributed by atoms with Gasteiger partial charge in [-0.3, -0.25) is 4.98 Å². The summed E-state index contributed by atoms with van der Waals surface area (Å²) in [4.78, 5) is 19.4. The van der Waals surface area contributed by atoms with Crippen LogP contribution in [-0.2, 0) is 13.5 Å². The Morgan fingerprint density at radius 3 is 2.20 bits per heavy atom. The van der Waals surface area contributed by atoms with Crippen LogP contribution in [0.15, 0.2) is 48.8 Å². The molecule has 0 radical (unpaired) electrons. The molecule has 0 aliphatic rings. The molecule has 5 heteroatoms. The molecule has 0 atom stereocenters. The lowest BCUT2D eigenvalue weighted by Crippen LogP contribution is -2.07. The fourth-order valence-corrected chi connectivity index (χ4v) is 3.14. The van der Waals surface area contributed by atoms with Gasteiger partial charge in [-0.05, 0) is 35.2 Å². The smallest absolute Gasteiger partial charge is 0.351 e. The number of carboxylic acids is 1. The van der Waals surface area contributed by atoms with Gasteiger partial charge in [0.15, 0.2) is 0 Å². The van der Waals surface area contributed by atoms with Gasteiger partial charge in [0.1, 0.15) is 5.69 Å². The third-order valence-corrected chi connectivity index (χ3v) is 4.32. The molecule has 2 heterocycles. The molecule has 0 saturated carbocycles. The Bertz CT molecular complexity index is 965. The predicted molar refractivity (Wildman–Crippen MR) is 96.7 cm³/mol. The topological polar surface area (TPSA) is 59.5 Å². The molecule has 0 amide bonds. The first-order valence-corrected chi connectivity index (χ1v) is 7.91. The van der Waals surface area contributed by atoms with Crippen LogP contribution in [0.3, 0.4) is 0 Å². The number of pyridine rings is 1. The number of benzene rings is 1. The van der Waals surface area contributed by atoms with E-state index in [1.807, 2.05) is 43.3 Å². The summed E-state index contributed by atoms with van der Waals surface area (Å²) in [6, 6.07) is 11.4. The number of carboxylic acid groups (broad SMARTS) is 1. The zero-order valence-electron chi connectivity index (χ0n) is 14.0. The number of rotatable bonds is 4. The van der Waals surface area contributed by atoms with Crippen LogP contribution in [0.2, 0.25) is 0 Å². The maximum absolute atomic E-state index is 11.8. The predicted octanol–water partition coefficient (Wildman–Crippen LogP) is 4.57. The maximum atomic E-state index is 11.8. The van der Waals surface area contributed by atoms with Crippen LogP contribution in [0, 0.1) is 6.57 Å². The molecule has 124 valence electrons. The minimum Gasteiger partial charge on any atom is -0.477 e. The fourth-order valence-electron chi connectivity index (χ4n) is 3.14. The van der Waals surface area contributed by atoms with E-state index in [1.54, 1.807) is 24.0 Å². The van der Waals surface area contributed by atoms with Crippen LogP contribution >= 0.6 is 0 Å². The van der Waals surface area contributed by atoms with Gasteiger partial charge in [0.25, 0.3) is 0 Å². The van der Waals surface area contributed by atoms with Crippen molar-refractivity contribution < 1.29 is 9.90 Å². The molecule has 1 N–H and O–H groups in total. The van der Waals surface area contributed by atoms with Crippen molar-refractivity contribution in [3.8, 4) is 22.3 Å². The van der Waals surface area contributed by atoms with Crippen LogP contribution in [0.1, 0.15) is 23.1 Å². The van der Waals surface area contributed by atoms with E-state index in [1.165, 1.54) is 0 Å². The van der Waals surface area contributed by atoms with E-state index < -0.39 is 5.97 Å². The Hall–Kier alpha value is -3.39. The summed E-state index contributed by atoms with van der Waals surface area (Å²) in [5.74, 6) is -1.03. The first kappa shape index (κ1) is 16.5. The van der Waals surface area contributed by atoms with Crippen LogP contribution in [0.5, 0.6) is 0 Å². The van der Waals surface area contributed by atoms with E-state index in [9.17, 15) is 9.90 Å². The fraction of sp³-hybridized carbons (Fsp3) is 0.150. The quantitative estimate of drug-likeness (QED) is 0.713. The van der Waals surface area contributed by atoms with Gasteiger partial charge in [0.2, 0.25) is 5.69 Å². The van der Waals surface area contributed by atoms with Gasteiger partial charge < -0.3 is 9.67 Å². The second kappa shape index (κ2) is 6.62. The SMILES string of the molecule is [C-]#[N+]c1c(-c2ccc(-c3ccncc3)cc2)c(C(=O)O)n(C)c1CC. The van der Waals surface area contributed by atoms with Crippen LogP contribution in [0.25, 0.3) is 27.1 Å². The van der Waals surface area contributed by atoms with Crippen molar-refractivity contribution in [1.29, 1.82) is 0 Å². The van der Waals surface area contributed by atoms with Crippen LogP contribution in [0.4, 0.5) is 5.69 Å². The van der Waals surface area contributed by atoms with Gasteiger partial charge >= 0.3 is 5.97 Å². The normalized spacial score (nSPS) is 10.4. The third-order valence-electron chi connectivity index (χ3n) is 4.32. The molecule has 0 fully saturated rings. The van der Waals surface area contributed by atoms with Crippen molar-refractivity contribution in [1.82, 2.24) is 9.55 Å². The Morgan fingerprint density at radius 2 is 1.68 bits per heavy atom. The van der Waals surface area contributed by atoms with Gasteiger partial charge in [0.05, 0.1) is 6.57 Å². The average Bonchev–Trinajstić information content (AvgIpc) is 2.94. The number of aromatic nitrogens is 2. The monoisotopic (exact) mass is 331 g/mol. The van der Waals surface area contributed by atoms with E-state index in [0.29, 0.717) is 17.7 Å². The largest absolute Gasteiger partial charge is 0.477 e. The molecule has 0 aliphatic heterocycles. The molecule has 1 aromatic carbocycles. The minimum absolute atomic E-state index is 0.152. The summed E-state index contributed by atoms with van der Waals surface area (Å²) in [5.41, 5.74) is 4.57. The number of hydrogen-bond acceptors (Lipinski definition) is 2. The molecule has 3 aromatic rings. The standard InChI is InChI=1S/C20H17N3O2/c1-4-16-18(21-2)17(19(20(24)25)23(16)3)15-7-5-13(6-8-15)14-9-11-22-12-10-14/h5-12H,4H2,1,3H3,(H,24,25). The Kier molecular flexibility index (Phi) is 4.36. The summed E-state index contributed by atoms with van der Waals surface area (Å²) in [7, 11) is 1.70. The maximum Gasteiger partial charge on any atom is 0.351 e. The third kappa shape index (κ3) is 2.79. The van der Waals surface area contributed by atoms with Crippen LogP contribution in [-0.4, -0.2) is 20.6 Å². The Morgan fingerprint density at radius 1 is 1.12 bits per heavy atom. The van der Waals surface area contributed by atoms with E-state index in [-0.39, 0.29) is 5.69 Å². The average molecular weight is 331 g/mol. The van der Waals surface area contributed by atoms with Crippen molar-refractivity contribution in [2.75, 3.05) is 0 Å². The molecule has 0 aliphatic carbocycles. The highest BCUT2D eigenvalue weighted by atomic mass is 16.4. The van der Waals surface area contributed by atoms with Crippen molar-refractivity contribution in [3.05, 3.63) is 71.6 Å². The van der Waals surface area contributed by atoms with Crippen molar-refractivity contribution in [3.63, 3.8) is 0 Å². The first-order valence-electron chi connectivity index (χ1n) is 7.91. The van der Waals surface area contributed by atoms with E-state index in [0.717, 1.165) is 22.4 Å². The van der Waals surface area contributed by atoms with Crippen molar-refractivity contribution in [2.45, 2.75) is 13.3 Å². The van der Waals surface area contributed by atoms with E-state index in [2.05, 4.69) is 9.83 Å². The highest BCUT2D eigenvalue weighted by Crippen LogP contribution is 2.39. The molecule has 0 spiro atoms. The highest BCUT2D eigenvalue weighted by molar-refractivity contribution is 6.00. The van der Waals surface area contributed by atoms with Gasteiger partial charge in [-0.15, -0.1) is 0 Å². The zero-order valence-corrected chi connectivity index (χ0v) is 14.0. The van der Waals surface area contributed by atoms with Gasteiger partial charge in [-0.1, -0.05) is 31.2 Å². The molecular weight excluding hydrogens is 314 g/mol. The summed E-state index contributed by atoms with van der Waals surface area (Å²) >= 11 is 0. The molecule has 3 rings (SSSR count). The second-order valence-corrected chi connectivity index (χ2v) is 5.66. The lowest BCUT2D eigenvalue weighted by atomic mass is 9.99. The van der Waals surface area contributed by atoms with Gasteiger partial charge in [0, 0.05) is 30.7 Å². The summed E-state index contributed by atoms with van der Waals surface area (Å²) in [5, 5.41) is 9.64. The van der Waals surface area contributed by atoms with E-state index >= 15 is 0 Å². The van der Waals surface area contributed by atoms with Gasteiger partial charge in [-0.25, -0.2) is 9.64 Å². The number of carbonyl (C=O) groups is 1. The number of hydrogen-bond donors (Lipinski definition) is 1. The summed E-state index contributed by atoms with van der Waals surface area (Å²) in [6.07, 6.45) is 4.06. The Labute approximate surface area is 146 Å². The zero-order chi connectivity index (χ0) is 18.0. The van der Waals surface area contributed by atoms with Crippen molar-refractivity contribution in [2.24, 2.45) is 7.05 Å². The van der Waals surface area contributed by atoms with Gasteiger partial charge in [-0.2, -0.15) is 0 Å². The Balaban J connectivity index is 2.17. The minimum atomic E-state index is -1.03. The molecular formula is C20H17N3O2. The summed E-state index contributed by atoms with van der Waals surface area (Å²) in [6.45, 7) is 9.44. The molecule has 0 unspecified atom stereocenters. The lowest BCUT2D eigenvalue weighted by Gasteiger charge is -2.07. The highest BCUT2D eigenvalue weighted by Gasteiger charge is 2.25. The molecule has 25 heavy (non-hydrogen) atoms. The molecule has 5 nitrogen and oxygen atoms in total. The molecule has 2 aromatic heterocycles. The second-order valence-electron chi connectivity index (χ2n) is 5.66. The molecule has 0 bridgehead atoms. The number of nitrogens with zero attached hydrogens (tertiary/aromatic N) is 3. The van der Waals surface area contributed by atoms with E-state index in [4.69, 9.17) is 6.57 Å². The lowest BCUT2D eigenvalue weighted by molar-refractivity contribution is 0.0687. The number of aromatic carboxylic acids is 1. The molecule has 0 saturated heterocycles. The first-order chi connectivity index (χ1) is 12.1.